The summed E-state index contributed by atoms with van der Waals surface area (Å²) in [5.74, 6) is 0.0507. The van der Waals surface area contributed by atoms with Crippen molar-refractivity contribution < 1.29 is 9.18 Å². The van der Waals surface area contributed by atoms with E-state index in [1.54, 1.807) is 34.6 Å². The van der Waals surface area contributed by atoms with Crippen molar-refractivity contribution in [2.75, 3.05) is 11.9 Å². The number of pyridine rings is 1. The summed E-state index contributed by atoms with van der Waals surface area (Å²) in [5, 5.41) is 13.1. The van der Waals surface area contributed by atoms with Crippen molar-refractivity contribution in [3.05, 3.63) is 67.6 Å². The second-order valence-electron chi connectivity index (χ2n) is 8.70. The number of unbranched alkanes of at least 4 members (excludes halogenated alkanes) is 3. The van der Waals surface area contributed by atoms with Crippen molar-refractivity contribution in [2.24, 2.45) is 0 Å². The Balaban J connectivity index is 2.09. The Kier molecular flexibility index (Phi) is 9.85. The van der Waals surface area contributed by atoms with Gasteiger partial charge in [0.25, 0.3) is 11.5 Å². The maximum Gasteiger partial charge on any atom is 0.270 e. The summed E-state index contributed by atoms with van der Waals surface area (Å²) in [6.45, 7) is 7.20. The van der Waals surface area contributed by atoms with E-state index in [4.69, 9.17) is 12.2 Å². The monoisotopic (exact) mass is 526 g/mol. The molecule has 1 aliphatic rings. The summed E-state index contributed by atoms with van der Waals surface area (Å²) in [6, 6.07) is 8.18. The first-order chi connectivity index (χ1) is 17.3. The zero-order valence-electron chi connectivity index (χ0n) is 20.9. The van der Waals surface area contributed by atoms with Crippen molar-refractivity contribution in [1.82, 2.24) is 9.47 Å². The lowest BCUT2D eigenvalue weighted by molar-refractivity contribution is -0.122. The molecule has 0 unspecified atom stereocenters. The van der Waals surface area contributed by atoms with Gasteiger partial charge < -0.3 is 5.32 Å². The molecule has 36 heavy (non-hydrogen) atoms. The van der Waals surface area contributed by atoms with E-state index in [0.717, 1.165) is 37.7 Å². The summed E-state index contributed by atoms with van der Waals surface area (Å²) in [7, 11) is 0. The maximum absolute atomic E-state index is 13.4. The molecule has 0 saturated carbocycles. The Morgan fingerprint density at radius 1 is 1.11 bits per heavy atom. The van der Waals surface area contributed by atoms with Crippen molar-refractivity contribution >= 4 is 46.1 Å². The highest BCUT2D eigenvalue weighted by atomic mass is 32.2. The number of anilines is 1. The van der Waals surface area contributed by atoms with Gasteiger partial charge in [-0.3, -0.25) is 19.1 Å². The molecule has 2 aromatic rings. The normalized spacial score (nSPS) is 14.5. The predicted molar refractivity (Wildman–Crippen MR) is 148 cm³/mol. The molecule has 190 valence electrons. The topological polar surface area (TPSA) is 78.1 Å². The third kappa shape index (κ3) is 6.23. The molecule has 1 saturated heterocycles. The Hall–Kier alpha value is -2.96. The maximum atomic E-state index is 13.4. The first-order valence-corrected chi connectivity index (χ1v) is 13.5. The van der Waals surface area contributed by atoms with Crippen LogP contribution in [0.2, 0.25) is 0 Å². The van der Waals surface area contributed by atoms with Gasteiger partial charge in [0.1, 0.15) is 27.6 Å². The fourth-order valence-electron chi connectivity index (χ4n) is 4.01. The Morgan fingerprint density at radius 2 is 1.81 bits per heavy atom. The minimum absolute atomic E-state index is 0.0584. The van der Waals surface area contributed by atoms with Crippen molar-refractivity contribution in [2.45, 2.75) is 66.0 Å². The van der Waals surface area contributed by atoms with Gasteiger partial charge in [0, 0.05) is 25.2 Å². The molecule has 3 rings (SSSR count). The molecular formula is C27H31FN4O2S2. The molecule has 9 heteroatoms. The van der Waals surface area contributed by atoms with Crippen molar-refractivity contribution in [3.8, 4) is 6.07 Å². The number of aromatic nitrogens is 1. The van der Waals surface area contributed by atoms with Crippen LogP contribution >= 0.6 is 24.0 Å². The molecule has 1 N–H and O–H groups in total. The lowest BCUT2D eigenvalue weighted by Crippen LogP contribution is -2.29. The van der Waals surface area contributed by atoms with E-state index in [1.807, 2.05) is 6.92 Å². The van der Waals surface area contributed by atoms with Gasteiger partial charge in [-0.15, -0.1) is 0 Å². The third-order valence-electron chi connectivity index (χ3n) is 6.12. The first kappa shape index (κ1) is 27.6. The zero-order chi connectivity index (χ0) is 26.2. The summed E-state index contributed by atoms with van der Waals surface area (Å²) < 4.78 is 15.5. The number of amides is 1. The number of nitrogens with zero attached hydrogens (tertiary/aromatic N) is 3. The first-order valence-electron chi connectivity index (χ1n) is 12.2. The number of halogens is 1. The Morgan fingerprint density at radius 3 is 2.44 bits per heavy atom. The second-order valence-corrected chi connectivity index (χ2v) is 10.4. The van der Waals surface area contributed by atoms with E-state index in [1.165, 1.54) is 23.9 Å². The number of nitrogens with one attached hydrogen (secondary N) is 1. The third-order valence-corrected chi connectivity index (χ3v) is 7.50. The van der Waals surface area contributed by atoms with Crippen LogP contribution in [-0.4, -0.2) is 26.2 Å². The fraction of sp³-hybridized carbons (Fsp3) is 0.407. The second kappa shape index (κ2) is 12.8. The molecule has 0 radical (unpaired) electrons. The van der Waals surface area contributed by atoms with E-state index in [9.17, 15) is 19.2 Å². The molecule has 0 spiro atoms. The number of hydrogen-bond donors (Lipinski definition) is 1. The number of rotatable bonds is 11. The largest absolute Gasteiger partial charge is 0.367 e. The number of carbonyl (C=O) groups excluding carboxylic acids is 1. The lowest BCUT2D eigenvalue weighted by Gasteiger charge is -2.20. The van der Waals surface area contributed by atoms with Gasteiger partial charge in [-0.25, -0.2) is 4.39 Å². The minimum atomic E-state index is -0.366. The number of carbonyl (C=O) groups is 1. The molecule has 1 aromatic carbocycles. The van der Waals surface area contributed by atoms with Crippen molar-refractivity contribution in [3.63, 3.8) is 0 Å². The highest BCUT2D eigenvalue weighted by Crippen LogP contribution is 2.35. The summed E-state index contributed by atoms with van der Waals surface area (Å²) in [4.78, 5) is 28.5. The molecule has 1 aromatic heterocycles. The fourth-order valence-corrected chi connectivity index (χ4v) is 5.31. The standard InChI is InChI=1S/C27H31FN4O2S2/c1-4-6-8-14-32-26(34)23(36-27(32)35)15-21-18(3)22(16-29)25(33)31(13-7-5-2)24(21)30-17-19-9-11-20(28)12-10-19/h9-12,15,30H,4-8,13-14,17H2,1-3H3/b23-15+. The van der Waals surface area contributed by atoms with Gasteiger partial charge in [-0.05, 0) is 49.1 Å². The molecule has 1 amide bonds. The van der Waals surface area contributed by atoms with Crippen LogP contribution in [0.4, 0.5) is 10.2 Å². The Labute approximate surface area is 221 Å². The highest BCUT2D eigenvalue weighted by molar-refractivity contribution is 8.26. The van der Waals surface area contributed by atoms with E-state index in [-0.39, 0.29) is 22.8 Å². The van der Waals surface area contributed by atoms with Crippen molar-refractivity contribution in [1.29, 1.82) is 5.26 Å². The van der Waals surface area contributed by atoms with Gasteiger partial charge in [0.05, 0.1) is 4.91 Å². The number of nitriles is 1. The van der Waals surface area contributed by atoms with Gasteiger partial charge in [-0.2, -0.15) is 5.26 Å². The summed E-state index contributed by atoms with van der Waals surface area (Å²) >= 11 is 6.72. The van der Waals surface area contributed by atoms with Crippen LogP contribution in [0.1, 0.15) is 68.2 Å². The molecule has 2 heterocycles. The number of hydrogen-bond acceptors (Lipinski definition) is 6. The number of thiocarbonyl (C=S) groups is 1. The molecule has 6 nitrogen and oxygen atoms in total. The predicted octanol–water partition coefficient (Wildman–Crippen LogP) is 5.97. The zero-order valence-corrected chi connectivity index (χ0v) is 22.5. The quantitative estimate of drug-likeness (QED) is 0.221. The van der Waals surface area contributed by atoms with E-state index in [0.29, 0.717) is 45.8 Å². The van der Waals surface area contributed by atoms with E-state index >= 15 is 0 Å². The van der Waals surface area contributed by atoms with E-state index < -0.39 is 0 Å². The van der Waals surface area contributed by atoms with Crippen LogP contribution in [0.5, 0.6) is 0 Å². The van der Waals surface area contributed by atoms with Crippen LogP contribution in [-0.2, 0) is 17.9 Å². The number of thioether (sulfide) groups is 1. The average molecular weight is 527 g/mol. The molecule has 1 aliphatic heterocycles. The minimum Gasteiger partial charge on any atom is -0.367 e. The van der Waals surface area contributed by atoms with Gasteiger partial charge in [-0.1, -0.05) is 69.2 Å². The number of benzene rings is 1. The molecule has 0 aliphatic carbocycles. The molecule has 1 fully saturated rings. The SMILES string of the molecule is CCCCCN1C(=O)/C(=C\c2c(C)c(C#N)c(=O)n(CCCC)c2NCc2ccc(F)cc2)SC1=S. The smallest absolute Gasteiger partial charge is 0.270 e. The highest BCUT2D eigenvalue weighted by Gasteiger charge is 2.32. The average Bonchev–Trinajstić information content (AvgIpc) is 3.13. The molecule has 0 atom stereocenters. The van der Waals surface area contributed by atoms with Crippen LogP contribution in [0.3, 0.4) is 0 Å². The van der Waals surface area contributed by atoms with E-state index in [2.05, 4.69) is 18.3 Å². The van der Waals surface area contributed by atoms with Gasteiger partial charge in [0.2, 0.25) is 0 Å². The van der Waals surface area contributed by atoms with Crippen LogP contribution < -0.4 is 10.9 Å². The van der Waals surface area contributed by atoms with Crippen LogP contribution in [0, 0.1) is 24.1 Å². The molecule has 0 bridgehead atoms. The Bertz CT molecular complexity index is 1260. The molecular weight excluding hydrogens is 495 g/mol. The van der Waals surface area contributed by atoms with Gasteiger partial charge in [0.15, 0.2) is 0 Å². The van der Waals surface area contributed by atoms with Gasteiger partial charge >= 0.3 is 0 Å². The summed E-state index contributed by atoms with van der Waals surface area (Å²) in [5.41, 5.74) is 1.64. The summed E-state index contributed by atoms with van der Waals surface area (Å²) in [6.07, 6.45) is 6.29. The van der Waals surface area contributed by atoms with Crippen LogP contribution in [0.15, 0.2) is 34.0 Å². The lowest BCUT2D eigenvalue weighted by atomic mass is 10.0. The van der Waals surface area contributed by atoms with Crippen LogP contribution in [0.25, 0.3) is 6.08 Å².